The number of nitrogens with one attached hydrogen (secondary N) is 2. The van der Waals surface area contributed by atoms with Crippen LogP contribution in [-0.2, 0) is 23.1 Å². The Balaban J connectivity index is 2.04. The van der Waals surface area contributed by atoms with Crippen molar-refractivity contribution in [3.05, 3.63) is 34.0 Å². The third-order valence-corrected chi connectivity index (χ3v) is 4.54. The molecule has 0 fully saturated rings. The summed E-state index contributed by atoms with van der Waals surface area (Å²) in [6.07, 6.45) is 1.66. The molecule has 0 atom stereocenters. The van der Waals surface area contributed by atoms with E-state index in [4.69, 9.17) is 4.42 Å². The number of hydrogen-bond acceptors (Lipinski definition) is 6. The fraction of sp³-hybridized carbons (Fsp3) is 0.364. The molecule has 0 spiro atoms. The van der Waals surface area contributed by atoms with E-state index >= 15 is 0 Å². The second kappa shape index (κ2) is 5.83. The lowest BCUT2D eigenvalue weighted by Gasteiger charge is -2.02. The van der Waals surface area contributed by atoms with Crippen molar-refractivity contribution >= 4 is 21.4 Å². The minimum atomic E-state index is -3.61. The van der Waals surface area contributed by atoms with Crippen LogP contribution in [0, 0.1) is 6.92 Å². The van der Waals surface area contributed by atoms with Crippen LogP contribution >= 0.6 is 11.3 Å². The number of sulfonamides is 1. The second-order valence-electron chi connectivity index (χ2n) is 3.92. The topological polar surface area (TPSA) is 84.2 Å². The Morgan fingerprint density at radius 1 is 1.37 bits per heavy atom. The highest BCUT2D eigenvalue weighted by molar-refractivity contribution is 7.89. The van der Waals surface area contributed by atoms with Crippen molar-refractivity contribution in [2.24, 2.45) is 0 Å². The first-order chi connectivity index (χ1) is 9.01. The maximum atomic E-state index is 12.0. The van der Waals surface area contributed by atoms with Crippen molar-refractivity contribution < 1.29 is 12.8 Å². The van der Waals surface area contributed by atoms with Crippen molar-refractivity contribution in [2.45, 2.75) is 25.1 Å². The molecule has 0 amide bonds. The largest absolute Gasteiger partial charge is 0.447 e. The molecule has 104 valence electrons. The molecule has 6 nitrogen and oxygen atoms in total. The van der Waals surface area contributed by atoms with E-state index in [1.165, 1.54) is 17.4 Å². The van der Waals surface area contributed by atoms with E-state index < -0.39 is 10.0 Å². The molecule has 2 heterocycles. The van der Waals surface area contributed by atoms with Crippen molar-refractivity contribution in [1.29, 1.82) is 0 Å². The minimum Gasteiger partial charge on any atom is -0.447 e. The van der Waals surface area contributed by atoms with Crippen LogP contribution in [0.1, 0.15) is 15.6 Å². The van der Waals surface area contributed by atoms with Crippen LogP contribution in [0.3, 0.4) is 0 Å². The first kappa shape index (κ1) is 14.2. The van der Waals surface area contributed by atoms with E-state index in [1.54, 1.807) is 19.3 Å². The Labute approximate surface area is 115 Å². The molecule has 0 aliphatic rings. The summed E-state index contributed by atoms with van der Waals surface area (Å²) in [5.41, 5.74) is 0. The van der Waals surface area contributed by atoms with Crippen molar-refractivity contribution in [3.8, 4) is 0 Å². The third-order valence-electron chi connectivity index (χ3n) is 2.36. The van der Waals surface area contributed by atoms with Gasteiger partial charge >= 0.3 is 0 Å². The molecule has 0 saturated heterocycles. The van der Waals surface area contributed by atoms with Crippen LogP contribution < -0.4 is 10.0 Å². The van der Waals surface area contributed by atoms with Gasteiger partial charge in [-0.1, -0.05) is 0 Å². The number of aromatic nitrogens is 1. The Hall–Kier alpha value is -1.22. The predicted octanol–water partition coefficient (Wildman–Crippen LogP) is 1.24. The van der Waals surface area contributed by atoms with E-state index in [0.717, 1.165) is 9.88 Å². The molecule has 0 aromatic carbocycles. The molecule has 2 aromatic heterocycles. The summed E-state index contributed by atoms with van der Waals surface area (Å²) >= 11 is 1.46. The Bertz CT molecular complexity index is 646. The lowest BCUT2D eigenvalue weighted by Crippen LogP contribution is -2.22. The molecule has 2 aromatic rings. The number of thiazole rings is 1. The normalized spacial score (nSPS) is 11.9. The van der Waals surface area contributed by atoms with E-state index in [2.05, 4.69) is 15.0 Å². The highest BCUT2D eigenvalue weighted by atomic mass is 32.2. The fourth-order valence-electron chi connectivity index (χ4n) is 1.50. The van der Waals surface area contributed by atoms with Gasteiger partial charge in [-0.15, -0.1) is 11.3 Å². The molecule has 2 rings (SSSR count). The Kier molecular flexibility index (Phi) is 4.35. The van der Waals surface area contributed by atoms with Gasteiger partial charge in [-0.05, 0) is 26.1 Å². The third kappa shape index (κ3) is 3.63. The van der Waals surface area contributed by atoms with Crippen molar-refractivity contribution in [1.82, 2.24) is 15.0 Å². The molecular weight excluding hydrogens is 286 g/mol. The van der Waals surface area contributed by atoms with Gasteiger partial charge < -0.3 is 9.73 Å². The van der Waals surface area contributed by atoms with E-state index in [-0.39, 0.29) is 11.6 Å². The smallest absolute Gasteiger partial charge is 0.274 e. The molecule has 19 heavy (non-hydrogen) atoms. The number of hydrogen-bond donors (Lipinski definition) is 2. The summed E-state index contributed by atoms with van der Waals surface area (Å²) in [5.74, 6) is 0.580. The maximum absolute atomic E-state index is 12.0. The summed E-state index contributed by atoms with van der Waals surface area (Å²) in [7, 11) is -1.85. The van der Waals surface area contributed by atoms with Crippen LogP contribution in [0.4, 0.5) is 0 Å². The van der Waals surface area contributed by atoms with E-state index in [9.17, 15) is 8.42 Å². The zero-order valence-corrected chi connectivity index (χ0v) is 12.3. The zero-order valence-electron chi connectivity index (χ0n) is 10.6. The monoisotopic (exact) mass is 301 g/mol. The summed E-state index contributed by atoms with van der Waals surface area (Å²) in [6.45, 7) is 2.58. The van der Waals surface area contributed by atoms with Crippen molar-refractivity contribution in [2.75, 3.05) is 7.05 Å². The number of furan rings is 1. The molecular formula is C11H15N3O3S2. The summed E-state index contributed by atoms with van der Waals surface area (Å²) in [6, 6.07) is 3.09. The molecule has 0 aliphatic carbocycles. The summed E-state index contributed by atoms with van der Waals surface area (Å²) < 4.78 is 31.7. The summed E-state index contributed by atoms with van der Waals surface area (Å²) in [5, 5.41) is 3.73. The van der Waals surface area contributed by atoms with Crippen LogP contribution in [-0.4, -0.2) is 20.4 Å². The molecule has 0 radical (unpaired) electrons. The van der Waals surface area contributed by atoms with Gasteiger partial charge in [-0.25, -0.2) is 18.1 Å². The summed E-state index contributed by atoms with van der Waals surface area (Å²) in [4.78, 5) is 4.93. The van der Waals surface area contributed by atoms with Gasteiger partial charge in [0.15, 0.2) is 0 Å². The minimum absolute atomic E-state index is 0.0704. The van der Waals surface area contributed by atoms with Gasteiger partial charge in [0.2, 0.25) is 5.09 Å². The standard InChI is InChI=1S/C11H15N3O3S2/c1-8-13-6-10(18-8)7-14-19(15,16)11-4-3-9(17-11)5-12-2/h3-4,6,12,14H,5,7H2,1-2H3. The van der Waals surface area contributed by atoms with Gasteiger partial charge in [0.1, 0.15) is 5.76 Å². The van der Waals surface area contributed by atoms with Crippen LogP contribution in [0.15, 0.2) is 27.8 Å². The lowest BCUT2D eigenvalue weighted by molar-refractivity contribution is 0.404. The fourth-order valence-corrected chi connectivity index (χ4v) is 3.27. The highest BCUT2D eigenvalue weighted by Crippen LogP contribution is 2.16. The molecule has 0 aliphatic heterocycles. The Morgan fingerprint density at radius 2 is 2.16 bits per heavy atom. The molecule has 2 N–H and O–H groups in total. The number of rotatable bonds is 6. The maximum Gasteiger partial charge on any atom is 0.274 e. The highest BCUT2D eigenvalue weighted by Gasteiger charge is 2.18. The van der Waals surface area contributed by atoms with Gasteiger partial charge in [0, 0.05) is 17.6 Å². The van der Waals surface area contributed by atoms with Gasteiger partial charge in [0.25, 0.3) is 10.0 Å². The molecule has 0 saturated carbocycles. The average molecular weight is 301 g/mol. The first-order valence-corrected chi connectivity index (χ1v) is 7.95. The molecule has 8 heteroatoms. The van der Waals surface area contributed by atoms with Gasteiger partial charge in [-0.3, -0.25) is 0 Å². The number of aryl methyl sites for hydroxylation is 1. The van der Waals surface area contributed by atoms with Crippen LogP contribution in [0.2, 0.25) is 0 Å². The van der Waals surface area contributed by atoms with Crippen LogP contribution in [0.25, 0.3) is 0 Å². The van der Waals surface area contributed by atoms with Crippen molar-refractivity contribution in [3.63, 3.8) is 0 Å². The first-order valence-electron chi connectivity index (χ1n) is 5.65. The molecule has 0 bridgehead atoms. The van der Waals surface area contributed by atoms with Gasteiger partial charge in [0.05, 0.1) is 11.6 Å². The average Bonchev–Trinajstić information content (AvgIpc) is 2.97. The number of nitrogens with zero attached hydrogens (tertiary/aromatic N) is 1. The second-order valence-corrected chi connectivity index (χ2v) is 6.94. The van der Waals surface area contributed by atoms with Gasteiger partial charge in [-0.2, -0.15) is 0 Å². The quantitative estimate of drug-likeness (QED) is 0.838. The lowest BCUT2D eigenvalue weighted by atomic mass is 10.4. The molecule has 0 unspecified atom stereocenters. The van der Waals surface area contributed by atoms with E-state index in [0.29, 0.717) is 12.3 Å². The zero-order chi connectivity index (χ0) is 13.9. The Morgan fingerprint density at radius 3 is 2.79 bits per heavy atom. The predicted molar refractivity (Wildman–Crippen MR) is 72.3 cm³/mol. The van der Waals surface area contributed by atoms with Crippen LogP contribution in [0.5, 0.6) is 0 Å². The SMILES string of the molecule is CNCc1ccc(S(=O)(=O)NCc2cnc(C)s2)o1. The van der Waals surface area contributed by atoms with E-state index in [1.807, 2.05) is 6.92 Å².